The highest BCUT2D eigenvalue weighted by molar-refractivity contribution is 5.79. The average Bonchev–Trinajstić information content (AvgIpc) is 2.96. The standard InChI is InChI=1S/C24H37N5O/c1-18(2)16-29-20(4)22(19(3)26-29)15-24(30)25-23(21-9-7-6-8-10-21)17-28-13-11-27(5)12-14-28/h6-10,18,23H,11-17H2,1-5H3,(H,25,30). The van der Waals surface area contributed by atoms with Gasteiger partial charge in [0.1, 0.15) is 0 Å². The Bertz CT molecular complexity index is 822. The first-order valence-corrected chi connectivity index (χ1v) is 11.1. The lowest BCUT2D eigenvalue weighted by Crippen LogP contribution is -2.48. The summed E-state index contributed by atoms with van der Waals surface area (Å²) in [5, 5.41) is 7.98. The monoisotopic (exact) mass is 411 g/mol. The Kier molecular flexibility index (Phi) is 7.67. The van der Waals surface area contributed by atoms with E-state index in [9.17, 15) is 4.79 Å². The summed E-state index contributed by atoms with van der Waals surface area (Å²) in [7, 11) is 2.16. The summed E-state index contributed by atoms with van der Waals surface area (Å²) < 4.78 is 2.04. The molecule has 1 aliphatic heterocycles. The lowest BCUT2D eigenvalue weighted by atomic mass is 10.0. The SMILES string of the molecule is Cc1nn(CC(C)C)c(C)c1CC(=O)NC(CN1CCN(C)CC1)c1ccccc1. The lowest BCUT2D eigenvalue weighted by Gasteiger charge is -2.35. The minimum absolute atomic E-state index is 0.00609. The molecule has 30 heavy (non-hydrogen) atoms. The molecule has 3 rings (SSSR count). The fraction of sp³-hybridized carbons (Fsp3) is 0.583. The highest BCUT2D eigenvalue weighted by Gasteiger charge is 2.22. The van der Waals surface area contributed by atoms with Gasteiger partial charge in [-0.2, -0.15) is 5.10 Å². The average molecular weight is 412 g/mol. The van der Waals surface area contributed by atoms with Gasteiger partial charge in [-0.25, -0.2) is 0 Å². The Morgan fingerprint density at radius 1 is 1.07 bits per heavy atom. The molecular formula is C24H37N5O. The van der Waals surface area contributed by atoms with Crippen LogP contribution in [0.5, 0.6) is 0 Å². The van der Waals surface area contributed by atoms with Crippen molar-refractivity contribution in [1.29, 1.82) is 0 Å². The van der Waals surface area contributed by atoms with E-state index < -0.39 is 0 Å². The molecule has 1 unspecified atom stereocenters. The van der Waals surface area contributed by atoms with Crippen LogP contribution in [0.4, 0.5) is 0 Å². The van der Waals surface area contributed by atoms with Crippen LogP contribution in [0.2, 0.25) is 0 Å². The predicted octanol–water partition coefficient (Wildman–Crippen LogP) is 2.80. The fourth-order valence-electron chi connectivity index (χ4n) is 4.13. The van der Waals surface area contributed by atoms with Crippen LogP contribution in [-0.2, 0) is 17.8 Å². The topological polar surface area (TPSA) is 53.4 Å². The van der Waals surface area contributed by atoms with Gasteiger partial charge >= 0.3 is 0 Å². The molecule has 1 fully saturated rings. The van der Waals surface area contributed by atoms with Crippen molar-refractivity contribution in [2.75, 3.05) is 39.8 Å². The molecule has 1 saturated heterocycles. The number of nitrogens with one attached hydrogen (secondary N) is 1. The van der Waals surface area contributed by atoms with E-state index in [1.54, 1.807) is 0 Å². The van der Waals surface area contributed by atoms with Crippen molar-refractivity contribution >= 4 is 5.91 Å². The maximum atomic E-state index is 13.1. The van der Waals surface area contributed by atoms with Crippen LogP contribution in [0.1, 0.15) is 42.4 Å². The first-order valence-electron chi connectivity index (χ1n) is 11.1. The third-order valence-corrected chi connectivity index (χ3v) is 5.98. The summed E-state index contributed by atoms with van der Waals surface area (Å²) in [5.41, 5.74) is 4.28. The van der Waals surface area contributed by atoms with Gasteiger partial charge in [-0.15, -0.1) is 0 Å². The Morgan fingerprint density at radius 2 is 1.73 bits per heavy atom. The number of hydrogen-bond donors (Lipinski definition) is 1. The third-order valence-electron chi connectivity index (χ3n) is 5.98. The molecular weight excluding hydrogens is 374 g/mol. The predicted molar refractivity (Wildman–Crippen MR) is 122 cm³/mol. The van der Waals surface area contributed by atoms with Gasteiger partial charge in [0.2, 0.25) is 5.91 Å². The van der Waals surface area contributed by atoms with Gasteiger partial charge < -0.3 is 10.2 Å². The maximum absolute atomic E-state index is 13.1. The van der Waals surface area contributed by atoms with Crippen molar-refractivity contribution in [3.8, 4) is 0 Å². The molecule has 1 aromatic carbocycles. The number of amides is 1. The van der Waals surface area contributed by atoms with E-state index in [2.05, 4.69) is 60.2 Å². The number of rotatable bonds is 8. The molecule has 6 nitrogen and oxygen atoms in total. The molecule has 0 spiro atoms. The summed E-state index contributed by atoms with van der Waals surface area (Å²) in [4.78, 5) is 17.9. The molecule has 2 aromatic rings. The van der Waals surface area contributed by atoms with Crippen LogP contribution in [0.25, 0.3) is 0 Å². The largest absolute Gasteiger partial charge is 0.348 e. The number of nitrogens with zero attached hydrogens (tertiary/aromatic N) is 4. The van der Waals surface area contributed by atoms with Crippen molar-refractivity contribution in [2.24, 2.45) is 5.92 Å². The van der Waals surface area contributed by atoms with Crippen molar-refractivity contribution in [2.45, 2.75) is 46.7 Å². The van der Waals surface area contributed by atoms with Crippen LogP contribution in [0.15, 0.2) is 30.3 Å². The minimum Gasteiger partial charge on any atom is -0.348 e. The summed E-state index contributed by atoms with van der Waals surface area (Å²) in [6, 6.07) is 10.3. The third kappa shape index (κ3) is 5.92. The quantitative estimate of drug-likeness (QED) is 0.726. The Morgan fingerprint density at radius 3 is 2.37 bits per heavy atom. The number of aromatic nitrogens is 2. The lowest BCUT2D eigenvalue weighted by molar-refractivity contribution is -0.121. The van der Waals surface area contributed by atoms with E-state index in [0.29, 0.717) is 12.3 Å². The molecule has 0 aliphatic carbocycles. The normalized spacial score (nSPS) is 16.7. The first-order chi connectivity index (χ1) is 14.3. The van der Waals surface area contributed by atoms with E-state index in [1.165, 1.54) is 0 Å². The van der Waals surface area contributed by atoms with Gasteiger partial charge in [0.15, 0.2) is 0 Å². The highest BCUT2D eigenvalue weighted by atomic mass is 16.1. The molecule has 1 amide bonds. The summed E-state index contributed by atoms with van der Waals surface area (Å²) in [6.07, 6.45) is 0.377. The maximum Gasteiger partial charge on any atom is 0.225 e. The number of aryl methyl sites for hydroxylation is 1. The van der Waals surface area contributed by atoms with Crippen molar-refractivity contribution in [3.05, 3.63) is 52.8 Å². The van der Waals surface area contributed by atoms with Crippen molar-refractivity contribution in [3.63, 3.8) is 0 Å². The summed E-state index contributed by atoms with van der Waals surface area (Å²) in [6.45, 7) is 14.4. The zero-order chi connectivity index (χ0) is 21.7. The van der Waals surface area contributed by atoms with E-state index in [-0.39, 0.29) is 11.9 Å². The van der Waals surface area contributed by atoms with E-state index in [1.807, 2.05) is 29.8 Å². The number of hydrogen-bond acceptors (Lipinski definition) is 4. The second-order valence-corrected chi connectivity index (χ2v) is 9.04. The Hall–Kier alpha value is -2.18. The molecule has 1 aliphatic rings. The van der Waals surface area contributed by atoms with Crippen LogP contribution in [0, 0.1) is 19.8 Å². The molecule has 2 heterocycles. The van der Waals surface area contributed by atoms with E-state index >= 15 is 0 Å². The zero-order valence-electron chi connectivity index (χ0n) is 19.2. The molecule has 1 aromatic heterocycles. The van der Waals surface area contributed by atoms with Gasteiger partial charge in [0.25, 0.3) is 0 Å². The molecule has 0 radical (unpaired) electrons. The minimum atomic E-state index is -0.00609. The van der Waals surface area contributed by atoms with Gasteiger partial charge in [-0.3, -0.25) is 14.4 Å². The molecule has 0 saturated carbocycles. The van der Waals surface area contributed by atoms with Crippen LogP contribution < -0.4 is 5.32 Å². The van der Waals surface area contributed by atoms with Gasteiger partial charge in [-0.05, 0) is 32.4 Å². The van der Waals surface area contributed by atoms with Gasteiger partial charge in [-0.1, -0.05) is 44.2 Å². The second-order valence-electron chi connectivity index (χ2n) is 9.04. The zero-order valence-corrected chi connectivity index (χ0v) is 19.2. The van der Waals surface area contributed by atoms with E-state index in [0.717, 1.165) is 61.8 Å². The number of carbonyl (C=O) groups is 1. The number of benzene rings is 1. The number of likely N-dealkylation sites (N-methyl/N-ethyl adjacent to an activating group) is 1. The van der Waals surface area contributed by atoms with E-state index in [4.69, 9.17) is 0 Å². The smallest absolute Gasteiger partial charge is 0.225 e. The molecule has 1 atom stereocenters. The Balaban J connectivity index is 1.70. The van der Waals surface area contributed by atoms with Crippen LogP contribution >= 0.6 is 0 Å². The van der Waals surface area contributed by atoms with Gasteiger partial charge in [0.05, 0.1) is 18.2 Å². The molecule has 1 N–H and O–H groups in total. The first kappa shape index (κ1) is 22.5. The van der Waals surface area contributed by atoms with Crippen molar-refractivity contribution < 1.29 is 4.79 Å². The number of carbonyl (C=O) groups excluding carboxylic acids is 1. The van der Waals surface area contributed by atoms with Crippen molar-refractivity contribution in [1.82, 2.24) is 24.9 Å². The Labute approximate surface area is 181 Å². The molecule has 6 heteroatoms. The summed E-state index contributed by atoms with van der Waals surface area (Å²) >= 11 is 0. The molecule has 164 valence electrons. The molecule has 0 bridgehead atoms. The van der Waals surface area contributed by atoms with Crippen LogP contribution in [-0.4, -0.2) is 65.3 Å². The van der Waals surface area contributed by atoms with Gasteiger partial charge in [0, 0.05) is 50.5 Å². The second kappa shape index (κ2) is 10.2. The summed E-state index contributed by atoms with van der Waals surface area (Å²) in [5.74, 6) is 0.587. The highest BCUT2D eigenvalue weighted by Crippen LogP contribution is 2.18. The fourth-order valence-corrected chi connectivity index (χ4v) is 4.13. The number of piperazine rings is 1. The van der Waals surface area contributed by atoms with Crippen LogP contribution in [0.3, 0.4) is 0 Å².